The molecule has 1 aliphatic heterocycles. The molecule has 0 radical (unpaired) electrons. The van der Waals surface area contributed by atoms with E-state index in [9.17, 15) is 9.59 Å². The highest BCUT2D eigenvalue weighted by Crippen LogP contribution is 2.33. The van der Waals surface area contributed by atoms with Crippen molar-refractivity contribution in [2.75, 3.05) is 0 Å². The van der Waals surface area contributed by atoms with Gasteiger partial charge in [0.2, 0.25) is 0 Å². The van der Waals surface area contributed by atoms with Crippen LogP contribution in [0.3, 0.4) is 0 Å². The van der Waals surface area contributed by atoms with Crippen molar-refractivity contribution in [3.63, 3.8) is 0 Å². The Morgan fingerprint density at radius 2 is 1.82 bits per heavy atom. The van der Waals surface area contributed by atoms with Gasteiger partial charge in [0.25, 0.3) is 11.1 Å². The Morgan fingerprint density at radius 3 is 2.45 bits per heavy atom. The SMILES string of the molecule is CC(C)N1C(=O)S/C(=C/c2ccn(-c3ccccc3)c2)C1=O. The largest absolute Gasteiger partial charge is 0.323 e. The topological polar surface area (TPSA) is 42.3 Å². The molecule has 0 unspecified atom stereocenters. The van der Waals surface area contributed by atoms with Gasteiger partial charge in [0, 0.05) is 24.1 Å². The van der Waals surface area contributed by atoms with Gasteiger partial charge in [-0.1, -0.05) is 18.2 Å². The summed E-state index contributed by atoms with van der Waals surface area (Å²) in [6.45, 7) is 3.68. The second-order valence-electron chi connectivity index (χ2n) is 5.33. The molecule has 0 bridgehead atoms. The Balaban J connectivity index is 1.86. The molecule has 1 aromatic heterocycles. The highest BCUT2D eigenvalue weighted by molar-refractivity contribution is 8.18. The molecule has 5 heteroatoms. The minimum atomic E-state index is -0.211. The van der Waals surface area contributed by atoms with Crippen LogP contribution in [0.2, 0.25) is 0 Å². The van der Waals surface area contributed by atoms with Crippen molar-refractivity contribution in [3.05, 3.63) is 59.3 Å². The lowest BCUT2D eigenvalue weighted by molar-refractivity contribution is -0.123. The third-order valence-corrected chi connectivity index (χ3v) is 4.29. The van der Waals surface area contributed by atoms with Gasteiger partial charge in [0.15, 0.2) is 0 Å². The van der Waals surface area contributed by atoms with E-state index in [2.05, 4.69) is 0 Å². The Hall–Kier alpha value is -2.27. The van der Waals surface area contributed by atoms with Gasteiger partial charge in [-0.2, -0.15) is 0 Å². The lowest BCUT2D eigenvalue weighted by atomic mass is 10.2. The van der Waals surface area contributed by atoms with Gasteiger partial charge < -0.3 is 4.57 Å². The first-order valence-corrected chi connectivity index (χ1v) is 7.88. The number of carbonyl (C=O) groups excluding carboxylic acids is 2. The first-order valence-electron chi connectivity index (χ1n) is 7.07. The first kappa shape index (κ1) is 14.7. The van der Waals surface area contributed by atoms with E-state index in [-0.39, 0.29) is 17.2 Å². The maximum Gasteiger partial charge on any atom is 0.293 e. The minimum absolute atomic E-state index is 0.118. The summed E-state index contributed by atoms with van der Waals surface area (Å²) in [6, 6.07) is 11.7. The van der Waals surface area contributed by atoms with Crippen molar-refractivity contribution in [1.82, 2.24) is 9.47 Å². The maximum atomic E-state index is 12.2. The molecule has 2 amide bonds. The van der Waals surface area contributed by atoms with Crippen LogP contribution in [-0.4, -0.2) is 26.7 Å². The summed E-state index contributed by atoms with van der Waals surface area (Å²) < 4.78 is 1.98. The number of benzene rings is 1. The van der Waals surface area contributed by atoms with Crippen LogP contribution in [0.5, 0.6) is 0 Å². The number of hydrogen-bond acceptors (Lipinski definition) is 3. The monoisotopic (exact) mass is 312 g/mol. The van der Waals surface area contributed by atoms with E-state index in [1.807, 2.05) is 67.2 Å². The molecule has 2 heterocycles. The molecule has 0 atom stereocenters. The molecule has 112 valence electrons. The highest BCUT2D eigenvalue weighted by atomic mass is 32.2. The van der Waals surface area contributed by atoms with E-state index in [4.69, 9.17) is 0 Å². The number of thioether (sulfide) groups is 1. The van der Waals surface area contributed by atoms with E-state index in [1.165, 1.54) is 4.90 Å². The lowest BCUT2D eigenvalue weighted by Gasteiger charge is -2.16. The second kappa shape index (κ2) is 5.85. The molecule has 3 rings (SSSR count). The number of nitrogens with zero attached hydrogens (tertiary/aromatic N) is 2. The smallest absolute Gasteiger partial charge is 0.293 e. The van der Waals surface area contributed by atoms with Crippen LogP contribution in [0.1, 0.15) is 19.4 Å². The Morgan fingerprint density at radius 1 is 1.09 bits per heavy atom. The predicted molar refractivity (Wildman–Crippen MR) is 88.7 cm³/mol. The van der Waals surface area contributed by atoms with Crippen LogP contribution in [-0.2, 0) is 4.79 Å². The van der Waals surface area contributed by atoms with Crippen LogP contribution in [0.15, 0.2) is 53.7 Å². The minimum Gasteiger partial charge on any atom is -0.323 e. The van der Waals surface area contributed by atoms with Crippen molar-refractivity contribution in [1.29, 1.82) is 0 Å². The Labute approximate surface area is 133 Å². The summed E-state index contributed by atoms with van der Waals surface area (Å²) in [5.41, 5.74) is 1.95. The Bertz CT molecular complexity index is 747. The van der Waals surface area contributed by atoms with Gasteiger partial charge >= 0.3 is 0 Å². The Kier molecular flexibility index (Phi) is 3.90. The molecular formula is C17H16N2O2S. The number of amides is 2. The van der Waals surface area contributed by atoms with E-state index in [0.29, 0.717) is 4.91 Å². The molecule has 2 aromatic rings. The first-order chi connectivity index (χ1) is 10.6. The predicted octanol–water partition coefficient (Wildman–Crippen LogP) is 3.92. The van der Waals surface area contributed by atoms with Crippen molar-refractivity contribution in [3.8, 4) is 5.69 Å². The average molecular weight is 312 g/mol. The van der Waals surface area contributed by atoms with Gasteiger partial charge in [0.1, 0.15) is 0 Å². The van der Waals surface area contributed by atoms with Crippen LogP contribution in [0.4, 0.5) is 4.79 Å². The summed E-state index contributed by atoms with van der Waals surface area (Å²) >= 11 is 0.999. The normalized spacial score (nSPS) is 17.0. The second-order valence-corrected chi connectivity index (χ2v) is 6.33. The van der Waals surface area contributed by atoms with E-state index in [1.54, 1.807) is 6.08 Å². The number of para-hydroxylation sites is 1. The molecule has 4 nitrogen and oxygen atoms in total. The molecule has 22 heavy (non-hydrogen) atoms. The van der Waals surface area contributed by atoms with Crippen molar-refractivity contribution in [2.24, 2.45) is 0 Å². The molecule has 0 aliphatic carbocycles. The molecule has 0 N–H and O–H groups in total. The van der Waals surface area contributed by atoms with Crippen LogP contribution in [0, 0.1) is 0 Å². The molecule has 0 spiro atoms. The van der Waals surface area contributed by atoms with Crippen LogP contribution in [0.25, 0.3) is 11.8 Å². The fourth-order valence-corrected chi connectivity index (χ4v) is 3.30. The van der Waals surface area contributed by atoms with Crippen molar-refractivity contribution >= 4 is 29.0 Å². The fourth-order valence-electron chi connectivity index (χ4n) is 2.34. The maximum absolute atomic E-state index is 12.2. The molecule has 1 aromatic carbocycles. The third-order valence-electron chi connectivity index (χ3n) is 3.41. The van der Waals surface area contributed by atoms with Gasteiger partial charge in [0.05, 0.1) is 4.91 Å². The highest BCUT2D eigenvalue weighted by Gasteiger charge is 2.36. The lowest BCUT2D eigenvalue weighted by Crippen LogP contribution is -2.34. The number of imide groups is 1. The van der Waals surface area contributed by atoms with E-state index in [0.717, 1.165) is 23.0 Å². The molecule has 1 aliphatic rings. The molecule has 1 saturated heterocycles. The zero-order chi connectivity index (χ0) is 15.7. The standard InChI is InChI=1S/C17H16N2O2S/c1-12(2)19-16(20)15(22-17(19)21)10-13-8-9-18(11-13)14-6-4-3-5-7-14/h3-12H,1-2H3/b15-10+. The average Bonchev–Trinajstić information content (AvgIpc) is 3.06. The molecule has 1 fully saturated rings. The summed E-state index contributed by atoms with van der Waals surface area (Å²) in [6.07, 6.45) is 5.65. The summed E-state index contributed by atoms with van der Waals surface area (Å²) in [4.78, 5) is 25.9. The number of hydrogen-bond donors (Lipinski definition) is 0. The fraction of sp³-hybridized carbons (Fsp3) is 0.176. The van der Waals surface area contributed by atoms with E-state index >= 15 is 0 Å². The van der Waals surface area contributed by atoms with Gasteiger partial charge in [-0.05, 0) is 55.4 Å². The van der Waals surface area contributed by atoms with E-state index < -0.39 is 0 Å². The quantitative estimate of drug-likeness (QED) is 0.807. The number of aromatic nitrogens is 1. The number of rotatable bonds is 3. The summed E-state index contributed by atoms with van der Waals surface area (Å²) in [5.74, 6) is -0.211. The zero-order valence-electron chi connectivity index (χ0n) is 12.4. The zero-order valence-corrected chi connectivity index (χ0v) is 13.2. The van der Waals surface area contributed by atoms with Crippen LogP contribution >= 0.6 is 11.8 Å². The van der Waals surface area contributed by atoms with Gasteiger partial charge in [-0.25, -0.2) is 0 Å². The van der Waals surface area contributed by atoms with Crippen molar-refractivity contribution < 1.29 is 9.59 Å². The van der Waals surface area contributed by atoms with Crippen molar-refractivity contribution in [2.45, 2.75) is 19.9 Å². The molecule has 0 saturated carbocycles. The molecular weight excluding hydrogens is 296 g/mol. The summed E-state index contributed by atoms with van der Waals surface area (Å²) in [7, 11) is 0. The van der Waals surface area contributed by atoms with Crippen LogP contribution < -0.4 is 0 Å². The third kappa shape index (κ3) is 2.72. The van der Waals surface area contributed by atoms with Gasteiger partial charge in [-0.15, -0.1) is 0 Å². The summed E-state index contributed by atoms with van der Waals surface area (Å²) in [5, 5.41) is -0.200. The van der Waals surface area contributed by atoms with Gasteiger partial charge in [-0.3, -0.25) is 14.5 Å². The number of carbonyl (C=O) groups is 2.